The molecule has 0 saturated heterocycles. The van der Waals surface area contributed by atoms with E-state index in [0.717, 1.165) is 11.3 Å². The normalized spacial score (nSPS) is 11.8. The van der Waals surface area contributed by atoms with Crippen molar-refractivity contribution in [3.05, 3.63) is 133 Å². The Kier molecular flexibility index (Phi) is 8.39. The molecule has 1 radical (unpaired) electrons. The van der Waals surface area contributed by atoms with Crippen molar-refractivity contribution in [2.45, 2.75) is 20.2 Å². The van der Waals surface area contributed by atoms with Crippen LogP contribution in [-0.2, 0) is 26.5 Å². The number of rotatable bonds is 4. The first-order chi connectivity index (χ1) is 19.3. The Balaban J connectivity index is 0.000000249. The van der Waals surface area contributed by atoms with Crippen molar-refractivity contribution in [1.29, 1.82) is 0 Å². The van der Waals surface area contributed by atoms with Crippen LogP contribution in [0.25, 0.3) is 44.1 Å². The minimum absolute atomic E-state index is 0. The second-order valence-corrected chi connectivity index (χ2v) is 9.07. The van der Waals surface area contributed by atoms with Crippen LogP contribution < -0.4 is 0 Å². The van der Waals surface area contributed by atoms with Crippen molar-refractivity contribution >= 4 is 21.5 Å². The van der Waals surface area contributed by atoms with Crippen LogP contribution in [0.5, 0.6) is 0 Å². The van der Waals surface area contributed by atoms with E-state index in [-0.39, 0.29) is 36.8 Å². The maximum absolute atomic E-state index is 14.7. The van der Waals surface area contributed by atoms with E-state index < -0.39 is 18.0 Å². The standard InChI is InChI=1S/C23H18F2N.C11H8N.Ir/c1-14(2)11-15-9-10-26-21(12-15)16-7-8-18-17-5-3-4-6-19(17)22(24)23(25)20(18)13-16;1-2-6-10(7-3-1)11-8-4-5-9-12-11;/h3-6,8-10,12-14H,11H2,1-2H3;1-6,8-9H;/q2*-1;/i11D2;;. The van der Waals surface area contributed by atoms with Gasteiger partial charge in [-0.3, -0.25) is 0 Å². The van der Waals surface area contributed by atoms with Crippen LogP contribution in [0.2, 0.25) is 0 Å². The molecule has 5 heteroatoms. The fourth-order valence-electron chi connectivity index (χ4n) is 4.27. The number of fused-ring (bicyclic) bond motifs is 3. The third-order valence-electron chi connectivity index (χ3n) is 5.97. The van der Waals surface area contributed by atoms with Gasteiger partial charge in [0, 0.05) is 40.6 Å². The van der Waals surface area contributed by atoms with Crippen molar-refractivity contribution in [2.24, 2.45) is 5.92 Å². The van der Waals surface area contributed by atoms with Gasteiger partial charge in [0.2, 0.25) is 0 Å². The molecule has 0 aliphatic heterocycles. The summed E-state index contributed by atoms with van der Waals surface area (Å²) in [7, 11) is 0. The Labute approximate surface area is 243 Å². The van der Waals surface area contributed by atoms with E-state index in [0.29, 0.717) is 27.6 Å². The van der Waals surface area contributed by atoms with E-state index >= 15 is 0 Å². The molecule has 0 bridgehead atoms. The molecule has 0 spiro atoms. The molecular weight excluding hydrogens is 667 g/mol. The Morgan fingerprint density at radius 3 is 2.15 bits per heavy atom. The number of hydrogen-bond acceptors (Lipinski definition) is 2. The van der Waals surface area contributed by atoms with Crippen molar-refractivity contribution in [2.75, 3.05) is 0 Å². The zero-order valence-electron chi connectivity index (χ0n) is 23.4. The Hall–Kier alpha value is -3.79. The molecule has 197 valence electrons. The van der Waals surface area contributed by atoms with Gasteiger partial charge in [-0.25, -0.2) is 8.78 Å². The van der Waals surface area contributed by atoms with E-state index in [4.69, 9.17) is 2.74 Å². The first-order valence-corrected chi connectivity index (χ1v) is 12.3. The minimum Gasteiger partial charge on any atom is -0.305 e. The van der Waals surface area contributed by atoms with E-state index in [1.165, 1.54) is 12.3 Å². The zero-order chi connectivity index (χ0) is 28.3. The quantitative estimate of drug-likeness (QED) is 0.136. The van der Waals surface area contributed by atoms with Crippen LogP contribution in [0, 0.1) is 29.7 Å². The molecule has 0 saturated carbocycles. The first-order valence-electron chi connectivity index (χ1n) is 13.3. The van der Waals surface area contributed by atoms with E-state index in [1.54, 1.807) is 48.7 Å². The fraction of sp³-hybridized carbons (Fsp3) is 0.118. The number of aromatic nitrogens is 2. The van der Waals surface area contributed by atoms with Crippen LogP contribution in [0.4, 0.5) is 8.78 Å². The molecule has 0 amide bonds. The summed E-state index contributed by atoms with van der Waals surface area (Å²) in [6, 6.07) is 33.1. The molecule has 0 N–H and O–H groups in total. The number of nitrogens with zero attached hydrogens (tertiary/aromatic N) is 2. The third kappa shape index (κ3) is 6.44. The second-order valence-electron chi connectivity index (χ2n) is 9.07. The molecule has 0 unspecified atom stereocenters. The van der Waals surface area contributed by atoms with Crippen LogP contribution in [0.3, 0.4) is 0 Å². The molecule has 4 aromatic carbocycles. The summed E-state index contributed by atoms with van der Waals surface area (Å²) < 4.78 is 45.8. The maximum atomic E-state index is 14.7. The molecular formula is C34H26F2IrN2-2. The van der Waals surface area contributed by atoms with Crippen LogP contribution in [-0.4, -0.2) is 9.97 Å². The molecule has 39 heavy (non-hydrogen) atoms. The number of hydrogen-bond donors (Lipinski definition) is 0. The van der Waals surface area contributed by atoms with Gasteiger partial charge in [-0.05, 0) is 41.2 Å². The summed E-state index contributed by atoms with van der Waals surface area (Å²) in [5, 5.41) is 1.59. The molecule has 6 rings (SSSR count). The average Bonchev–Trinajstić information content (AvgIpc) is 3.01. The third-order valence-corrected chi connectivity index (χ3v) is 5.97. The topological polar surface area (TPSA) is 25.8 Å². The fourth-order valence-corrected chi connectivity index (χ4v) is 4.27. The van der Waals surface area contributed by atoms with E-state index in [1.807, 2.05) is 56.3 Å². The molecule has 0 aliphatic rings. The van der Waals surface area contributed by atoms with Crippen LogP contribution in [0.1, 0.15) is 22.2 Å². The van der Waals surface area contributed by atoms with Gasteiger partial charge in [-0.15, -0.1) is 59.7 Å². The van der Waals surface area contributed by atoms with Gasteiger partial charge in [0.1, 0.15) is 5.82 Å². The SMILES string of the molecule is [2H]C([2H])(c1ccnc(-c2[c-]cc3c(c2)c(F)c(F)c2ccccc23)c1)C(C)C.[Ir].[c-]1ccccc1-c1ccccn1. The second kappa shape index (κ2) is 12.8. The van der Waals surface area contributed by atoms with Gasteiger partial charge < -0.3 is 9.97 Å². The molecule has 2 nitrogen and oxygen atoms in total. The van der Waals surface area contributed by atoms with Crippen molar-refractivity contribution in [1.82, 2.24) is 9.97 Å². The molecule has 0 fully saturated rings. The van der Waals surface area contributed by atoms with Crippen LogP contribution >= 0.6 is 0 Å². The zero-order valence-corrected chi connectivity index (χ0v) is 23.8. The number of pyridine rings is 2. The summed E-state index contributed by atoms with van der Waals surface area (Å²) in [5.74, 6) is -2.00. The van der Waals surface area contributed by atoms with Gasteiger partial charge in [0.15, 0.2) is 5.82 Å². The van der Waals surface area contributed by atoms with Crippen molar-refractivity contribution in [3.63, 3.8) is 0 Å². The first kappa shape index (κ1) is 25.5. The summed E-state index contributed by atoms with van der Waals surface area (Å²) in [5.41, 5.74) is 3.46. The van der Waals surface area contributed by atoms with Gasteiger partial charge in [0.05, 0.1) is 0 Å². The molecule has 6 aromatic rings. The van der Waals surface area contributed by atoms with E-state index in [9.17, 15) is 8.78 Å². The smallest absolute Gasteiger partial charge is 0.164 e. The minimum atomic E-state index is -1.53. The molecule has 0 atom stereocenters. The van der Waals surface area contributed by atoms with Crippen molar-refractivity contribution < 1.29 is 31.6 Å². The molecule has 2 heterocycles. The molecule has 2 aromatic heterocycles. The number of benzene rings is 4. The average molecular weight is 695 g/mol. The Bertz CT molecular complexity index is 1740. The summed E-state index contributed by atoms with van der Waals surface area (Å²) in [4.78, 5) is 8.51. The summed E-state index contributed by atoms with van der Waals surface area (Å²) in [6.07, 6.45) is 1.79. The van der Waals surface area contributed by atoms with Gasteiger partial charge >= 0.3 is 0 Å². The van der Waals surface area contributed by atoms with E-state index in [2.05, 4.69) is 22.1 Å². The van der Waals surface area contributed by atoms with Gasteiger partial charge in [-0.1, -0.05) is 72.6 Å². The summed E-state index contributed by atoms with van der Waals surface area (Å²) in [6.45, 7) is 3.62. The predicted molar refractivity (Wildman–Crippen MR) is 150 cm³/mol. The van der Waals surface area contributed by atoms with Crippen molar-refractivity contribution in [3.8, 4) is 22.5 Å². The van der Waals surface area contributed by atoms with Gasteiger partial charge in [0.25, 0.3) is 0 Å². The number of halogens is 2. The maximum Gasteiger partial charge on any atom is 0.164 e. The van der Waals surface area contributed by atoms with Gasteiger partial charge in [-0.2, -0.15) is 0 Å². The monoisotopic (exact) mass is 695 g/mol. The Morgan fingerprint density at radius 1 is 0.718 bits per heavy atom. The summed E-state index contributed by atoms with van der Waals surface area (Å²) >= 11 is 0. The molecule has 0 aliphatic carbocycles. The largest absolute Gasteiger partial charge is 0.305 e. The Morgan fingerprint density at radius 2 is 1.44 bits per heavy atom. The predicted octanol–water partition coefficient (Wildman–Crippen LogP) is 8.88. The van der Waals surface area contributed by atoms with Crippen LogP contribution in [0.15, 0.2) is 103 Å².